The first kappa shape index (κ1) is 13.5. The van der Waals surface area contributed by atoms with Crippen LogP contribution >= 0.6 is 0 Å². The second-order valence-electron chi connectivity index (χ2n) is 5.62. The molecule has 1 saturated carbocycles. The van der Waals surface area contributed by atoms with E-state index in [0.29, 0.717) is 18.6 Å². The Kier molecular flexibility index (Phi) is 4.28. The highest BCUT2D eigenvalue weighted by molar-refractivity contribution is 5.81. The summed E-state index contributed by atoms with van der Waals surface area (Å²) >= 11 is 0. The fourth-order valence-corrected chi connectivity index (χ4v) is 3.14. The van der Waals surface area contributed by atoms with Gasteiger partial charge in [-0.2, -0.15) is 0 Å². The Morgan fingerprint density at radius 1 is 1.15 bits per heavy atom. The quantitative estimate of drug-likeness (QED) is 0.927. The van der Waals surface area contributed by atoms with E-state index >= 15 is 0 Å². The predicted molar refractivity (Wildman–Crippen MR) is 81.3 cm³/mol. The first-order chi connectivity index (χ1) is 9.88. The van der Waals surface area contributed by atoms with Crippen molar-refractivity contribution >= 4 is 10.9 Å². The molecule has 0 spiro atoms. The molecule has 1 aliphatic rings. The maximum absolute atomic E-state index is 6.16. The largest absolute Gasteiger partial charge is 0.373 e. The topological polar surface area (TPSA) is 48.1 Å². The van der Waals surface area contributed by atoms with Gasteiger partial charge in [-0.05, 0) is 31.4 Å². The summed E-state index contributed by atoms with van der Waals surface area (Å²) in [6.07, 6.45) is 7.05. The molecule has 0 saturated heterocycles. The lowest BCUT2D eigenvalue weighted by Crippen LogP contribution is -2.33. The molecule has 2 N–H and O–H groups in total. The lowest BCUT2D eigenvalue weighted by molar-refractivity contribution is -0.0179. The van der Waals surface area contributed by atoms with Gasteiger partial charge >= 0.3 is 0 Å². The van der Waals surface area contributed by atoms with E-state index in [1.807, 2.05) is 12.3 Å². The molecule has 3 rings (SSSR count). The smallest absolute Gasteiger partial charge is 0.0757 e. The van der Waals surface area contributed by atoms with Crippen LogP contribution in [0.15, 0.2) is 36.5 Å². The molecular weight excluding hydrogens is 248 g/mol. The molecular formula is C17H22N2O. The monoisotopic (exact) mass is 270 g/mol. The number of aromatic nitrogens is 1. The number of pyridine rings is 1. The van der Waals surface area contributed by atoms with E-state index in [-0.39, 0.29) is 0 Å². The zero-order valence-corrected chi connectivity index (χ0v) is 11.8. The summed E-state index contributed by atoms with van der Waals surface area (Å²) in [4.78, 5) is 4.48. The van der Waals surface area contributed by atoms with E-state index in [1.165, 1.54) is 30.2 Å². The van der Waals surface area contributed by atoms with Crippen molar-refractivity contribution in [1.82, 2.24) is 4.98 Å². The highest BCUT2D eigenvalue weighted by atomic mass is 16.5. The molecule has 2 aromatic rings. The summed E-state index contributed by atoms with van der Waals surface area (Å²) < 4.78 is 6.16. The molecule has 2 unspecified atom stereocenters. The van der Waals surface area contributed by atoms with Gasteiger partial charge in [0, 0.05) is 17.1 Å². The first-order valence-electron chi connectivity index (χ1n) is 7.53. The standard InChI is InChI=1S/C17H22N2O/c18-11-14-5-1-2-9-16(14)20-12-15-7-3-6-13-8-4-10-19-17(13)15/h3-4,6-8,10,14,16H,1-2,5,9,11-12,18H2. The lowest BCUT2D eigenvalue weighted by Gasteiger charge is -2.30. The number of hydrogen-bond donors (Lipinski definition) is 1. The van der Waals surface area contributed by atoms with Crippen LogP contribution in [0.4, 0.5) is 0 Å². The zero-order chi connectivity index (χ0) is 13.8. The number of para-hydroxylation sites is 1. The Labute approximate surface area is 120 Å². The Morgan fingerprint density at radius 2 is 2.00 bits per heavy atom. The number of nitrogens with two attached hydrogens (primary N) is 1. The van der Waals surface area contributed by atoms with E-state index in [2.05, 4.69) is 29.2 Å². The number of fused-ring (bicyclic) bond motifs is 1. The molecule has 106 valence electrons. The number of benzene rings is 1. The molecule has 0 aliphatic heterocycles. The molecule has 1 fully saturated rings. The summed E-state index contributed by atoms with van der Waals surface area (Å²) in [5, 5.41) is 1.17. The Hall–Kier alpha value is -1.45. The van der Waals surface area contributed by atoms with Gasteiger partial charge in [-0.1, -0.05) is 37.1 Å². The molecule has 20 heavy (non-hydrogen) atoms. The van der Waals surface area contributed by atoms with Crippen molar-refractivity contribution in [3.05, 3.63) is 42.1 Å². The van der Waals surface area contributed by atoms with Crippen molar-refractivity contribution < 1.29 is 4.74 Å². The zero-order valence-electron chi connectivity index (χ0n) is 11.8. The van der Waals surface area contributed by atoms with E-state index < -0.39 is 0 Å². The molecule has 1 heterocycles. The van der Waals surface area contributed by atoms with Gasteiger partial charge in [0.2, 0.25) is 0 Å². The molecule has 3 heteroatoms. The van der Waals surface area contributed by atoms with Crippen LogP contribution in [-0.4, -0.2) is 17.6 Å². The number of ether oxygens (including phenoxy) is 1. The van der Waals surface area contributed by atoms with Gasteiger partial charge in [0.15, 0.2) is 0 Å². The fraction of sp³-hybridized carbons (Fsp3) is 0.471. The van der Waals surface area contributed by atoms with Crippen molar-refractivity contribution in [2.75, 3.05) is 6.54 Å². The summed E-state index contributed by atoms with van der Waals surface area (Å²) in [6, 6.07) is 10.3. The second kappa shape index (κ2) is 6.33. The maximum atomic E-state index is 6.16. The number of rotatable bonds is 4. The van der Waals surface area contributed by atoms with Gasteiger partial charge in [0.1, 0.15) is 0 Å². The Balaban J connectivity index is 1.73. The summed E-state index contributed by atoms with van der Waals surface area (Å²) in [6.45, 7) is 1.37. The fourth-order valence-electron chi connectivity index (χ4n) is 3.14. The highest BCUT2D eigenvalue weighted by Crippen LogP contribution is 2.27. The molecule has 0 radical (unpaired) electrons. The Morgan fingerprint density at radius 3 is 2.90 bits per heavy atom. The average molecular weight is 270 g/mol. The molecule has 1 aromatic heterocycles. The van der Waals surface area contributed by atoms with Gasteiger partial charge in [-0.15, -0.1) is 0 Å². The van der Waals surface area contributed by atoms with E-state index in [9.17, 15) is 0 Å². The van der Waals surface area contributed by atoms with Crippen molar-refractivity contribution in [3.8, 4) is 0 Å². The first-order valence-corrected chi connectivity index (χ1v) is 7.53. The van der Waals surface area contributed by atoms with Crippen LogP contribution in [0.2, 0.25) is 0 Å². The highest BCUT2D eigenvalue weighted by Gasteiger charge is 2.24. The lowest BCUT2D eigenvalue weighted by atomic mass is 9.86. The number of nitrogens with zero attached hydrogens (tertiary/aromatic N) is 1. The van der Waals surface area contributed by atoms with Crippen molar-refractivity contribution in [2.24, 2.45) is 11.7 Å². The predicted octanol–water partition coefficient (Wildman–Crippen LogP) is 3.27. The third-order valence-corrected chi connectivity index (χ3v) is 4.31. The van der Waals surface area contributed by atoms with Crippen molar-refractivity contribution in [3.63, 3.8) is 0 Å². The minimum atomic E-state index is 0.313. The van der Waals surface area contributed by atoms with Crippen LogP contribution in [0.3, 0.4) is 0 Å². The third-order valence-electron chi connectivity index (χ3n) is 4.31. The molecule has 1 aliphatic carbocycles. The molecule has 0 amide bonds. The van der Waals surface area contributed by atoms with Crippen LogP contribution in [0.5, 0.6) is 0 Å². The minimum Gasteiger partial charge on any atom is -0.373 e. The summed E-state index contributed by atoms with van der Waals surface area (Å²) in [5.41, 5.74) is 8.08. The van der Waals surface area contributed by atoms with Crippen molar-refractivity contribution in [2.45, 2.75) is 38.4 Å². The molecule has 2 atom stereocenters. The van der Waals surface area contributed by atoms with Gasteiger partial charge in [-0.25, -0.2) is 0 Å². The van der Waals surface area contributed by atoms with Crippen LogP contribution in [-0.2, 0) is 11.3 Å². The summed E-state index contributed by atoms with van der Waals surface area (Å²) in [5.74, 6) is 0.520. The molecule has 1 aromatic carbocycles. The van der Waals surface area contributed by atoms with E-state index in [0.717, 1.165) is 18.5 Å². The average Bonchev–Trinajstić information content (AvgIpc) is 2.53. The Bertz CT molecular complexity index is 564. The van der Waals surface area contributed by atoms with Crippen LogP contribution in [0.25, 0.3) is 10.9 Å². The van der Waals surface area contributed by atoms with Crippen LogP contribution < -0.4 is 5.73 Å². The van der Waals surface area contributed by atoms with E-state index in [4.69, 9.17) is 10.5 Å². The third kappa shape index (κ3) is 2.84. The van der Waals surface area contributed by atoms with Gasteiger partial charge < -0.3 is 10.5 Å². The molecule has 0 bridgehead atoms. The van der Waals surface area contributed by atoms with Gasteiger partial charge in [0.25, 0.3) is 0 Å². The maximum Gasteiger partial charge on any atom is 0.0757 e. The SMILES string of the molecule is NCC1CCCCC1OCc1cccc2cccnc12. The summed E-state index contributed by atoms with van der Waals surface area (Å²) in [7, 11) is 0. The van der Waals surface area contributed by atoms with Gasteiger partial charge in [0.05, 0.1) is 18.2 Å². The van der Waals surface area contributed by atoms with Crippen LogP contribution in [0.1, 0.15) is 31.2 Å². The van der Waals surface area contributed by atoms with Crippen LogP contribution in [0, 0.1) is 5.92 Å². The molecule has 3 nitrogen and oxygen atoms in total. The minimum absolute atomic E-state index is 0.313. The normalized spacial score (nSPS) is 23.1. The number of hydrogen-bond acceptors (Lipinski definition) is 3. The van der Waals surface area contributed by atoms with Crippen molar-refractivity contribution in [1.29, 1.82) is 0 Å². The second-order valence-corrected chi connectivity index (χ2v) is 5.62. The van der Waals surface area contributed by atoms with E-state index in [1.54, 1.807) is 0 Å². The van der Waals surface area contributed by atoms with Gasteiger partial charge in [-0.3, -0.25) is 4.98 Å².